The Morgan fingerprint density at radius 2 is 1.95 bits per heavy atom. The van der Waals surface area contributed by atoms with E-state index in [2.05, 4.69) is 55.0 Å². The summed E-state index contributed by atoms with van der Waals surface area (Å²) >= 11 is 0. The van der Waals surface area contributed by atoms with E-state index in [-0.39, 0.29) is 0 Å². The van der Waals surface area contributed by atoms with Gasteiger partial charge in [-0.3, -0.25) is 0 Å². The first-order valence-electron chi connectivity index (χ1n) is 8.51. The van der Waals surface area contributed by atoms with Crippen LogP contribution in [0.15, 0.2) is 18.3 Å². The van der Waals surface area contributed by atoms with Crippen molar-refractivity contribution in [1.29, 1.82) is 0 Å². The van der Waals surface area contributed by atoms with E-state index in [0.717, 1.165) is 24.6 Å². The fourth-order valence-electron chi connectivity index (χ4n) is 3.25. The van der Waals surface area contributed by atoms with Gasteiger partial charge in [-0.2, -0.15) is 0 Å². The first kappa shape index (κ1) is 16.1. The largest absolute Gasteiger partial charge is 0.381 e. The summed E-state index contributed by atoms with van der Waals surface area (Å²) in [5.41, 5.74) is 1.68. The molecule has 0 bridgehead atoms. The van der Waals surface area contributed by atoms with Crippen molar-refractivity contribution in [3.8, 4) is 0 Å². The third-order valence-corrected chi connectivity index (χ3v) is 4.78. The van der Waals surface area contributed by atoms with E-state index in [1.54, 1.807) is 0 Å². The molecule has 1 N–H and O–H groups in total. The number of nitrogens with zero attached hydrogens (tertiary/aromatic N) is 2. The van der Waals surface area contributed by atoms with Gasteiger partial charge in [0.05, 0.1) is 11.9 Å². The van der Waals surface area contributed by atoms with Crippen LogP contribution in [0.2, 0.25) is 0 Å². The lowest BCUT2D eigenvalue weighted by molar-refractivity contribution is 0.313. The molecule has 1 saturated carbocycles. The molecule has 1 aliphatic rings. The van der Waals surface area contributed by atoms with Crippen LogP contribution in [0.1, 0.15) is 59.8 Å². The number of pyridine rings is 1. The highest BCUT2D eigenvalue weighted by Gasteiger charge is 2.24. The SMILES string of the molecule is CCN(CC)c1ccc(NC2CCCC(C)(C)CC2)cn1. The summed E-state index contributed by atoms with van der Waals surface area (Å²) in [7, 11) is 0. The van der Waals surface area contributed by atoms with Crippen LogP contribution in [0, 0.1) is 5.41 Å². The van der Waals surface area contributed by atoms with Gasteiger partial charge < -0.3 is 10.2 Å². The molecular formula is C18H31N3. The topological polar surface area (TPSA) is 28.2 Å². The molecular weight excluding hydrogens is 258 g/mol. The Labute approximate surface area is 130 Å². The molecule has 0 saturated heterocycles. The third kappa shape index (κ3) is 4.62. The summed E-state index contributed by atoms with van der Waals surface area (Å²) in [6, 6.07) is 4.92. The molecule has 0 aliphatic heterocycles. The monoisotopic (exact) mass is 289 g/mol. The van der Waals surface area contributed by atoms with Gasteiger partial charge in [-0.05, 0) is 57.1 Å². The molecule has 1 aromatic rings. The molecule has 0 amide bonds. The van der Waals surface area contributed by atoms with E-state index in [1.165, 1.54) is 32.1 Å². The molecule has 1 heterocycles. The van der Waals surface area contributed by atoms with Crippen LogP contribution in [0.4, 0.5) is 11.5 Å². The van der Waals surface area contributed by atoms with Crippen molar-refractivity contribution in [1.82, 2.24) is 4.98 Å². The average Bonchev–Trinajstić information content (AvgIpc) is 2.63. The predicted octanol–water partition coefficient (Wildman–Crippen LogP) is 4.70. The fourth-order valence-corrected chi connectivity index (χ4v) is 3.25. The van der Waals surface area contributed by atoms with E-state index < -0.39 is 0 Å². The minimum Gasteiger partial charge on any atom is -0.381 e. The van der Waals surface area contributed by atoms with Gasteiger partial charge in [0.1, 0.15) is 5.82 Å². The van der Waals surface area contributed by atoms with Crippen molar-refractivity contribution < 1.29 is 0 Å². The standard InChI is InChI=1S/C18H31N3/c1-5-21(6-2)17-10-9-16(14-19-17)20-15-8-7-12-18(3,4)13-11-15/h9-10,14-15,20H,5-8,11-13H2,1-4H3. The second-order valence-electron chi connectivity index (χ2n) is 7.01. The Bertz CT molecular complexity index is 421. The maximum Gasteiger partial charge on any atom is 0.128 e. The Morgan fingerprint density at radius 1 is 1.19 bits per heavy atom. The number of nitrogens with one attached hydrogen (secondary N) is 1. The fraction of sp³-hybridized carbons (Fsp3) is 0.722. The number of rotatable bonds is 5. The minimum atomic E-state index is 0.515. The maximum atomic E-state index is 4.60. The number of hydrogen-bond donors (Lipinski definition) is 1. The Hall–Kier alpha value is -1.25. The molecule has 1 atom stereocenters. The highest BCUT2D eigenvalue weighted by molar-refractivity contribution is 5.49. The van der Waals surface area contributed by atoms with E-state index in [1.807, 2.05) is 6.20 Å². The zero-order chi connectivity index (χ0) is 15.3. The van der Waals surface area contributed by atoms with Crippen LogP contribution in [0.5, 0.6) is 0 Å². The lowest BCUT2D eigenvalue weighted by Crippen LogP contribution is -2.23. The summed E-state index contributed by atoms with van der Waals surface area (Å²) in [5.74, 6) is 1.08. The molecule has 1 aromatic heterocycles. The molecule has 1 aliphatic carbocycles. The molecule has 1 unspecified atom stereocenters. The molecule has 2 rings (SSSR count). The normalized spacial score (nSPS) is 21.6. The van der Waals surface area contributed by atoms with Crippen molar-refractivity contribution in [3.05, 3.63) is 18.3 Å². The van der Waals surface area contributed by atoms with E-state index in [0.29, 0.717) is 11.5 Å². The summed E-state index contributed by atoms with van der Waals surface area (Å²) < 4.78 is 0. The summed E-state index contributed by atoms with van der Waals surface area (Å²) in [4.78, 5) is 6.88. The summed E-state index contributed by atoms with van der Waals surface area (Å²) in [5, 5.41) is 3.68. The van der Waals surface area contributed by atoms with Crippen molar-refractivity contribution in [2.24, 2.45) is 5.41 Å². The average molecular weight is 289 g/mol. The van der Waals surface area contributed by atoms with Crippen LogP contribution in [-0.4, -0.2) is 24.1 Å². The quantitative estimate of drug-likeness (QED) is 0.796. The van der Waals surface area contributed by atoms with E-state index in [9.17, 15) is 0 Å². The second-order valence-corrected chi connectivity index (χ2v) is 7.01. The van der Waals surface area contributed by atoms with E-state index >= 15 is 0 Å². The lowest BCUT2D eigenvalue weighted by atomic mass is 9.85. The highest BCUT2D eigenvalue weighted by atomic mass is 15.2. The van der Waals surface area contributed by atoms with Gasteiger partial charge >= 0.3 is 0 Å². The van der Waals surface area contributed by atoms with Crippen molar-refractivity contribution in [2.45, 2.75) is 65.8 Å². The van der Waals surface area contributed by atoms with Crippen LogP contribution >= 0.6 is 0 Å². The minimum absolute atomic E-state index is 0.515. The molecule has 0 spiro atoms. The maximum absolute atomic E-state index is 4.60. The van der Waals surface area contributed by atoms with Crippen LogP contribution in [0.3, 0.4) is 0 Å². The Morgan fingerprint density at radius 3 is 2.57 bits per heavy atom. The van der Waals surface area contributed by atoms with Crippen molar-refractivity contribution >= 4 is 11.5 Å². The number of anilines is 2. The Balaban J connectivity index is 1.94. The summed E-state index contributed by atoms with van der Waals surface area (Å²) in [6.45, 7) is 11.2. The van der Waals surface area contributed by atoms with Gasteiger partial charge in [-0.1, -0.05) is 20.3 Å². The highest BCUT2D eigenvalue weighted by Crippen LogP contribution is 2.34. The van der Waals surface area contributed by atoms with Crippen molar-refractivity contribution in [2.75, 3.05) is 23.3 Å². The lowest BCUT2D eigenvalue weighted by Gasteiger charge is -2.23. The number of hydrogen-bond acceptors (Lipinski definition) is 3. The molecule has 3 heteroatoms. The zero-order valence-electron chi connectivity index (χ0n) is 14.2. The zero-order valence-corrected chi connectivity index (χ0v) is 14.2. The number of aromatic nitrogens is 1. The van der Waals surface area contributed by atoms with E-state index in [4.69, 9.17) is 0 Å². The molecule has 1 fully saturated rings. The predicted molar refractivity (Wildman–Crippen MR) is 92.1 cm³/mol. The summed E-state index contributed by atoms with van der Waals surface area (Å²) in [6.07, 6.45) is 8.53. The van der Waals surface area contributed by atoms with Gasteiger partial charge in [0.15, 0.2) is 0 Å². The van der Waals surface area contributed by atoms with Gasteiger partial charge in [-0.15, -0.1) is 0 Å². The van der Waals surface area contributed by atoms with Gasteiger partial charge in [-0.25, -0.2) is 4.98 Å². The molecule has 118 valence electrons. The third-order valence-electron chi connectivity index (χ3n) is 4.78. The van der Waals surface area contributed by atoms with Crippen LogP contribution < -0.4 is 10.2 Å². The van der Waals surface area contributed by atoms with Crippen molar-refractivity contribution in [3.63, 3.8) is 0 Å². The Kier molecular flexibility index (Phi) is 5.49. The molecule has 0 radical (unpaired) electrons. The van der Waals surface area contributed by atoms with Gasteiger partial charge in [0, 0.05) is 19.1 Å². The smallest absolute Gasteiger partial charge is 0.128 e. The molecule has 0 aromatic carbocycles. The van der Waals surface area contributed by atoms with Crippen LogP contribution in [-0.2, 0) is 0 Å². The molecule has 21 heavy (non-hydrogen) atoms. The molecule has 3 nitrogen and oxygen atoms in total. The second kappa shape index (κ2) is 7.15. The first-order valence-corrected chi connectivity index (χ1v) is 8.51. The van der Waals surface area contributed by atoms with Gasteiger partial charge in [0.2, 0.25) is 0 Å². The first-order chi connectivity index (χ1) is 10.0. The van der Waals surface area contributed by atoms with Gasteiger partial charge in [0.25, 0.3) is 0 Å². The van der Waals surface area contributed by atoms with Crippen LogP contribution in [0.25, 0.3) is 0 Å².